The number of hydrogen-bond acceptors (Lipinski definition) is 4. The standard InChI is InChI=1S/C17H15N3O3/c21-10-9-18-16(22)12-5-7-13(8-6-12)20-11-19-15-4-2-1-3-14(15)17(20)23/h1-8,11,21H,9-10H2,(H,18,22). The molecule has 0 saturated carbocycles. The summed E-state index contributed by atoms with van der Waals surface area (Å²) < 4.78 is 1.44. The second-order valence-corrected chi connectivity index (χ2v) is 4.96. The topological polar surface area (TPSA) is 84.2 Å². The molecule has 0 radical (unpaired) electrons. The molecule has 0 aliphatic carbocycles. The van der Waals surface area contributed by atoms with Gasteiger partial charge in [-0.05, 0) is 36.4 Å². The molecule has 2 aromatic carbocycles. The molecule has 2 N–H and O–H groups in total. The molecule has 0 unspecified atom stereocenters. The van der Waals surface area contributed by atoms with Crippen LogP contribution in [0.4, 0.5) is 0 Å². The Kier molecular flexibility index (Phi) is 4.16. The Bertz CT molecular complexity index is 901. The highest BCUT2D eigenvalue weighted by atomic mass is 16.3. The Labute approximate surface area is 132 Å². The van der Waals surface area contributed by atoms with Gasteiger partial charge in [0.2, 0.25) is 0 Å². The van der Waals surface area contributed by atoms with Crippen LogP contribution >= 0.6 is 0 Å². The van der Waals surface area contributed by atoms with Gasteiger partial charge in [-0.3, -0.25) is 14.2 Å². The lowest BCUT2D eigenvalue weighted by Crippen LogP contribution is -2.26. The first-order chi connectivity index (χ1) is 11.2. The van der Waals surface area contributed by atoms with Gasteiger partial charge in [0, 0.05) is 12.1 Å². The van der Waals surface area contributed by atoms with Crippen molar-refractivity contribution in [3.8, 4) is 5.69 Å². The first kappa shape index (κ1) is 14.9. The van der Waals surface area contributed by atoms with Crippen LogP contribution in [-0.4, -0.2) is 33.7 Å². The maximum atomic E-state index is 12.5. The van der Waals surface area contributed by atoms with Crippen LogP contribution in [0.3, 0.4) is 0 Å². The monoisotopic (exact) mass is 309 g/mol. The van der Waals surface area contributed by atoms with E-state index in [-0.39, 0.29) is 24.6 Å². The quantitative estimate of drug-likeness (QED) is 0.756. The predicted molar refractivity (Wildman–Crippen MR) is 86.8 cm³/mol. The molecule has 0 saturated heterocycles. The molecule has 3 rings (SSSR count). The minimum absolute atomic E-state index is 0.109. The van der Waals surface area contributed by atoms with Crippen molar-refractivity contribution in [3.05, 3.63) is 70.8 Å². The van der Waals surface area contributed by atoms with Gasteiger partial charge in [0.05, 0.1) is 23.2 Å². The van der Waals surface area contributed by atoms with Gasteiger partial charge in [0.25, 0.3) is 11.5 Å². The zero-order chi connectivity index (χ0) is 16.2. The largest absolute Gasteiger partial charge is 0.395 e. The van der Waals surface area contributed by atoms with Crippen LogP contribution in [0.1, 0.15) is 10.4 Å². The van der Waals surface area contributed by atoms with Gasteiger partial charge in [-0.1, -0.05) is 12.1 Å². The Balaban J connectivity index is 1.95. The number of hydrogen-bond donors (Lipinski definition) is 2. The number of carbonyl (C=O) groups is 1. The molecule has 0 spiro atoms. The molecule has 116 valence electrons. The summed E-state index contributed by atoms with van der Waals surface area (Å²) in [6, 6.07) is 13.8. The Morgan fingerprint density at radius 2 is 1.87 bits per heavy atom. The number of nitrogens with zero attached hydrogens (tertiary/aromatic N) is 2. The molecule has 0 fully saturated rings. The van der Waals surface area contributed by atoms with Gasteiger partial charge in [0.1, 0.15) is 6.33 Å². The molecule has 0 atom stereocenters. The summed E-state index contributed by atoms with van der Waals surface area (Å²) in [4.78, 5) is 28.6. The number of amides is 1. The van der Waals surface area contributed by atoms with Crippen molar-refractivity contribution in [2.45, 2.75) is 0 Å². The van der Waals surface area contributed by atoms with E-state index in [1.165, 1.54) is 10.9 Å². The number of fused-ring (bicyclic) bond motifs is 1. The molecule has 3 aromatic rings. The Morgan fingerprint density at radius 1 is 1.13 bits per heavy atom. The summed E-state index contributed by atoms with van der Waals surface area (Å²) in [5.41, 5.74) is 1.58. The summed E-state index contributed by atoms with van der Waals surface area (Å²) in [5.74, 6) is -0.269. The summed E-state index contributed by atoms with van der Waals surface area (Å²) in [6.45, 7) is 0.0939. The summed E-state index contributed by atoms with van der Waals surface area (Å²) >= 11 is 0. The molecule has 6 heteroatoms. The van der Waals surface area contributed by atoms with Crippen molar-refractivity contribution >= 4 is 16.8 Å². The molecule has 6 nitrogen and oxygen atoms in total. The van der Waals surface area contributed by atoms with E-state index < -0.39 is 0 Å². The number of aromatic nitrogens is 2. The molecule has 0 bridgehead atoms. The average molecular weight is 309 g/mol. The van der Waals surface area contributed by atoms with Crippen LogP contribution in [-0.2, 0) is 0 Å². The molecular formula is C17H15N3O3. The van der Waals surface area contributed by atoms with E-state index in [1.807, 2.05) is 6.07 Å². The molecule has 1 heterocycles. The highest BCUT2D eigenvalue weighted by Crippen LogP contribution is 2.10. The molecule has 0 aliphatic rings. The lowest BCUT2D eigenvalue weighted by Gasteiger charge is -2.08. The smallest absolute Gasteiger partial charge is 0.265 e. The van der Waals surface area contributed by atoms with Crippen molar-refractivity contribution in [3.63, 3.8) is 0 Å². The number of aliphatic hydroxyl groups is 1. The van der Waals surface area contributed by atoms with Crippen molar-refractivity contribution in [2.75, 3.05) is 13.2 Å². The maximum Gasteiger partial charge on any atom is 0.265 e. The minimum atomic E-state index is -0.269. The van der Waals surface area contributed by atoms with E-state index in [2.05, 4.69) is 10.3 Å². The number of rotatable bonds is 4. The van der Waals surface area contributed by atoms with Gasteiger partial charge < -0.3 is 10.4 Å². The van der Waals surface area contributed by atoms with Gasteiger partial charge in [-0.25, -0.2) is 4.98 Å². The third-order valence-corrected chi connectivity index (χ3v) is 3.47. The summed E-state index contributed by atoms with van der Waals surface area (Å²) in [6.07, 6.45) is 1.48. The second-order valence-electron chi connectivity index (χ2n) is 4.96. The second kappa shape index (κ2) is 6.41. The number of benzene rings is 2. The molecular weight excluding hydrogens is 294 g/mol. The maximum absolute atomic E-state index is 12.5. The highest BCUT2D eigenvalue weighted by Gasteiger charge is 2.07. The zero-order valence-electron chi connectivity index (χ0n) is 12.3. The minimum Gasteiger partial charge on any atom is -0.395 e. The van der Waals surface area contributed by atoms with Gasteiger partial charge in [0.15, 0.2) is 0 Å². The first-order valence-electron chi connectivity index (χ1n) is 7.16. The van der Waals surface area contributed by atoms with E-state index in [9.17, 15) is 9.59 Å². The van der Waals surface area contributed by atoms with Crippen molar-refractivity contribution in [1.29, 1.82) is 0 Å². The number of carbonyl (C=O) groups excluding carboxylic acids is 1. The van der Waals surface area contributed by atoms with Gasteiger partial charge in [-0.15, -0.1) is 0 Å². The van der Waals surface area contributed by atoms with E-state index in [0.717, 1.165) is 0 Å². The van der Waals surface area contributed by atoms with E-state index in [1.54, 1.807) is 42.5 Å². The fourth-order valence-electron chi connectivity index (χ4n) is 2.30. The van der Waals surface area contributed by atoms with Crippen LogP contribution in [0.25, 0.3) is 16.6 Å². The predicted octanol–water partition coefficient (Wildman–Crippen LogP) is 1.11. The fraction of sp³-hybridized carbons (Fsp3) is 0.118. The number of aliphatic hydroxyl groups excluding tert-OH is 1. The highest BCUT2D eigenvalue weighted by molar-refractivity contribution is 5.94. The molecule has 1 amide bonds. The lowest BCUT2D eigenvalue weighted by atomic mass is 10.2. The van der Waals surface area contributed by atoms with E-state index >= 15 is 0 Å². The van der Waals surface area contributed by atoms with Gasteiger partial charge in [-0.2, -0.15) is 0 Å². The van der Waals surface area contributed by atoms with Crippen molar-refractivity contribution in [1.82, 2.24) is 14.9 Å². The zero-order valence-corrected chi connectivity index (χ0v) is 12.3. The third-order valence-electron chi connectivity index (χ3n) is 3.47. The van der Waals surface area contributed by atoms with Crippen LogP contribution in [0.2, 0.25) is 0 Å². The van der Waals surface area contributed by atoms with Crippen LogP contribution < -0.4 is 10.9 Å². The summed E-state index contributed by atoms with van der Waals surface area (Å²) in [5, 5.41) is 11.8. The fourth-order valence-corrected chi connectivity index (χ4v) is 2.30. The number of para-hydroxylation sites is 1. The van der Waals surface area contributed by atoms with Crippen molar-refractivity contribution in [2.24, 2.45) is 0 Å². The SMILES string of the molecule is O=C(NCCO)c1ccc(-n2cnc3ccccc3c2=O)cc1. The van der Waals surface area contributed by atoms with Crippen LogP contribution in [0.5, 0.6) is 0 Å². The molecule has 1 aromatic heterocycles. The third kappa shape index (κ3) is 2.97. The Hall–Kier alpha value is -2.99. The van der Waals surface area contributed by atoms with Gasteiger partial charge >= 0.3 is 0 Å². The van der Waals surface area contributed by atoms with E-state index in [4.69, 9.17) is 5.11 Å². The van der Waals surface area contributed by atoms with Crippen molar-refractivity contribution < 1.29 is 9.90 Å². The molecule has 23 heavy (non-hydrogen) atoms. The summed E-state index contributed by atoms with van der Waals surface area (Å²) in [7, 11) is 0. The lowest BCUT2D eigenvalue weighted by molar-refractivity contribution is 0.0945. The first-order valence-corrected chi connectivity index (χ1v) is 7.16. The van der Waals surface area contributed by atoms with E-state index in [0.29, 0.717) is 22.2 Å². The molecule has 0 aliphatic heterocycles. The normalized spacial score (nSPS) is 10.7. The number of nitrogens with one attached hydrogen (secondary N) is 1. The van der Waals surface area contributed by atoms with Crippen LogP contribution in [0.15, 0.2) is 59.7 Å². The Morgan fingerprint density at radius 3 is 2.61 bits per heavy atom. The average Bonchev–Trinajstić information content (AvgIpc) is 2.60. The van der Waals surface area contributed by atoms with Crippen LogP contribution in [0, 0.1) is 0 Å².